The molecule has 2 nitrogen and oxygen atoms in total. The molecule has 1 aromatic rings. The van der Waals surface area contributed by atoms with E-state index in [1.165, 1.54) is 5.56 Å². The Kier molecular flexibility index (Phi) is 2.53. The topological polar surface area (TPSA) is 29.1 Å². The largest absolute Gasteiger partial charge is 0.326 e. The fraction of sp³-hybridized carbons (Fsp3) is 0.417. The number of hydrogen-bond donors (Lipinski definition) is 1. The molecule has 74 valence electrons. The third-order valence-corrected chi connectivity index (χ3v) is 2.90. The third kappa shape index (κ3) is 1.65. The van der Waals surface area contributed by atoms with Crippen molar-refractivity contribution in [2.75, 3.05) is 5.32 Å². The number of nitrogens with one attached hydrogen (secondary N) is 1. The van der Waals surface area contributed by atoms with E-state index < -0.39 is 0 Å². The number of hydrogen-bond acceptors (Lipinski definition) is 1. The summed E-state index contributed by atoms with van der Waals surface area (Å²) in [6.45, 7) is 2.07. The maximum absolute atomic E-state index is 11.7. The molecule has 1 aliphatic rings. The van der Waals surface area contributed by atoms with Crippen LogP contribution in [0.5, 0.6) is 0 Å². The molecule has 0 saturated heterocycles. The van der Waals surface area contributed by atoms with Gasteiger partial charge in [0, 0.05) is 11.6 Å². The van der Waals surface area contributed by atoms with Gasteiger partial charge in [-0.2, -0.15) is 0 Å². The van der Waals surface area contributed by atoms with Crippen molar-refractivity contribution in [2.24, 2.45) is 5.92 Å². The summed E-state index contributed by atoms with van der Waals surface area (Å²) in [6.07, 6.45) is 2.91. The van der Waals surface area contributed by atoms with Crippen molar-refractivity contribution in [1.29, 1.82) is 0 Å². The summed E-state index contributed by atoms with van der Waals surface area (Å²) in [5.41, 5.74) is 2.25. The van der Waals surface area contributed by atoms with Crippen LogP contribution >= 0.6 is 0 Å². The lowest BCUT2D eigenvalue weighted by molar-refractivity contribution is -0.120. The van der Waals surface area contributed by atoms with E-state index in [1.54, 1.807) is 0 Å². The van der Waals surface area contributed by atoms with Crippen LogP contribution in [0, 0.1) is 5.92 Å². The zero-order valence-electron chi connectivity index (χ0n) is 8.42. The molecule has 0 unspecified atom stereocenters. The molecule has 0 aliphatic carbocycles. The van der Waals surface area contributed by atoms with Crippen LogP contribution in [-0.2, 0) is 11.2 Å². The van der Waals surface area contributed by atoms with E-state index in [-0.39, 0.29) is 11.8 Å². The number of carbonyl (C=O) groups excluding carboxylic acids is 1. The molecule has 2 heteroatoms. The van der Waals surface area contributed by atoms with E-state index in [9.17, 15) is 4.79 Å². The minimum Gasteiger partial charge on any atom is -0.326 e. The van der Waals surface area contributed by atoms with E-state index in [0.29, 0.717) is 0 Å². The van der Waals surface area contributed by atoms with Crippen LogP contribution in [0.1, 0.15) is 25.3 Å². The van der Waals surface area contributed by atoms with Crippen LogP contribution < -0.4 is 5.32 Å². The highest BCUT2D eigenvalue weighted by molar-refractivity contribution is 5.93. The molecule has 1 aromatic carbocycles. The van der Waals surface area contributed by atoms with Gasteiger partial charge in [-0.3, -0.25) is 4.79 Å². The summed E-state index contributed by atoms with van der Waals surface area (Å²) in [6, 6.07) is 8.06. The number of anilines is 1. The Labute approximate surface area is 84.3 Å². The van der Waals surface area contributed by atoms with Gasteiger partial charge in [-0.05, 0) is 30.9 Å². The van der Waals surface area contributed by atoms with Gasteiger partial charge in [-0.25, -0.2) is 0 Å². The van der Waals surface area contributed by atoms with E-state index in [1.807, 2.05) is 18.2 Å². The molecule has 0 spiro atoms. The normalized spacial score (nSPS) is 20.9. The van der Waals surface area contributed by atoms with Gasteiger partial charge in [0.25, 0.3) is 0 Å². The van der Waals surface area contributed by atoms with Crippen molar-refractivity contribution in [1.82, 2.24) is 0 Å². The second kappa shape index (κ2) is 3.82. The van der Waals surface area contributed by atoms with Crippen LogP contribution in [0.4, 0.5) is 5.69 Å². The zero-order chi connectivity index (χ0) is 9.97. The van der Waals surface area contributed by atoms with E-state index in [4.69, 9.17) is 0 Å². The Morgan fingerprint density at radius 3 is 3.00 bits per heavy atom. The van der Waals surface area contributed by atoms with Gasteiger partial charge >= 0.3 is 0 Å². The van der Waals surface area contributed by atoms with Crippen LogP contribution in [-0.4, -0.2) is 5.91 Å². The Morgan fingerprint density at radius 1 is 1.43 bits per heavy atom. The minimum atomic E-state index is 0.178. The Morgan fingerprint density at radius 2 is 2.21 bits per heavy atom. The zero-order valence-corrected chi connectivity index (χ0v) is 8.42. The highest BCUT2D eigenvalue weighted by Gasteiger charge is 2.21. The molecular weight excluding hydrogens is 174 g/mol. The summed E-state index contributed by atoms with van der Waals surface area (Å²) in [7, 11) is 0. The average molecular weight is 189 g/mol. The Bertz CT molecular complexity index is 346. The van der Waals surface area contributed by atoms with Gasteiger partial charge in [0.05, 0.1) is 0 Å². The molecule has 0 aromatic heterocycles. The molecule has 0 fully saturated rings. The highest BCUT2D eigenvalue weighted by Crippen LogP contribution is 2.25. The summed E-state index contributed by atoms with van der Waals surface area (Å²) < 4.78 is 0. The number of para-hydroxylation sites is 1. The molecular formula is C12H15NO. The van der Waals surface area contributed by atoms with Gasteiger partial charge < -0.3 is 5.32 Å². The summed E-state index contributed by atoms with van der Waals surface area (Å²) in [5, 5.41) is 2.98. The number of fused-ring (bicyclic) bond motifs is 1. The summed E-state index contributed by atoms with van der Waals surface area (Å²) in [4.78, 5) is 11.7. The minimum absolute atomic E-state index is 0.178. The van der Waals surface area contributed by atoms with Gasteiger partial charge in [0.1, 0.15) is 0 Å². The van der Waals surface area contributed by atoms with Crippen LogP contribution in [0.15, 0.2) is 24.3 Å². The predicted molar refractivity (Wildman–Crippen MR) is 57.2 cm³/mol. The van der Waals surface area contributed by atoms with Crippen molar-refractivity contribution in [2.45, 2.75) is 26.2 Å². The van der Waals surface area contributed by atoms with Crippen LogP contribution in [0.2, 0.25) is 0 Å². The second-order valence-corrected chi connectivity index (χ2v) is 3.79. The number of benzene rings is 1. The maximum atomic E-state index is 11.7. The second-order valence-electron chi connectivity index (χ2n) is 3.79. The number of carbonyl (C=O) groups is 1. The third-order valence-electron chi connectivity index (χ3n) is 2.90. The molecule has 1 aliphatic heterocycles. The number of aryl methyl sites for hydroxylation is 1. The fourth-order valence-corrected chi connectivity index (χ4v) is 1.95. The van der Waals surface area contributed by atoms with Crippen LogP contribution in [0.3, 0.4) is 0 Å². The molecule has 0 radical (unpaired) electrons. The number of amides is 1. The monoisotopic (exact) mass is 189 g/mol. The average Bonchev–Trinajstić information content (AvgIpc) is 2.36. The maximum Gasteiger partial charge on any atom is 0.227 e. The van der Waals surface area contributed by atoms with Crippen molar-refractivity contribution < 1.29 is 4.79 Å². The van der Waals surface area contributed by atoms with Crippen molar-refractivity contribution in [3.63, 3.8) is 0 Å². The van der Waals surface area contributed by atoms with Gasteiger partial charge in [-0.1, -0.05) is 25.1 Å². The predicted octanol–water partition coefficient (Wildman–Crippen LogP) is 2.60. The van der Waals surface area contributed by atoms with E-state index in [2.05, 4.69) is 18.3 Å². The van der Waals surface area contributed by atoms with Gasteiger partial charge in [-0.15, -0.1) is 0 Å². The standard InChI is InChI=1S/C12H15NO/c1-2-9-7-8-10-5-3-4-6-11(10)13-12(9)14/h3-6,9H,2,7-8H2,1H3,(H,13,14)/t9-/m1/s1. The molecule has 1 atom stereocenters. The smallest absolute Gasteiger partial charge is 0.227 e. The quantitative estimate of drug-likeness (QED) is 0.722. The molecule has 0 saturated carbocycles. The molecule has 0 bridgehead atoms. The summed E-state index contributed by atoms with van der Waals surface area (Å²) in [5.74, 6) is 0.361. The molecule has 1 N–H and O–H groups in total. The molecule has 1 heterocycles. The number of rotatable bonds is 1. The van der Waals surface area contributed by atoms with E-state index in [0.717, 1.165) is 24.9 Å². The lowest BCUT2D eigenvalue weighted by Gasteiger charge is -2.09. The first-order chi connectivity index (χ1) is 6.81. The Hall–Kier alpha value is -1.31. The lowest BCUT2D eigenvalue weighted by atomic mass is 9.98. The SMILES string of the molecule is CC[C@@H]1CCc2ccccc2NC1=O. The molecule has 1 amide bonds. The van der Waals surface area contributed by atoms with Crippen molar-refractivity contribution >= 4 is 11.6 Å². The van der Waals surface area contributed by atoms with E-state index >= 15 is 0 Å². The first-order valence-corrected chi connectivity index (χ1v) is 5.20. The van der Waals surface area contributed by atoms with Crippen molar-refractivity contribution in [3.05, 3.63) is 29.8 Å². The molecule has 14 heavy (non-hydrogen) atoms. The first kappa shape index (κ1) is 9.25. The van der Waals surface area contributed by atoms with Gasteiger partial charge in [0.2, 0.25) is 5.91 Å². The molecule has 2 rings (SSSR count). The lowest BCUT2D eigenvalue weighted by Crippen LogP contribution is -2.20. The first-order valence-electron chi connectivity index (χ1n) is 5.20. The van der Waals surface area contributed by atoms with Crippen LogP contribution in [0.25, 0.3) is 0 Å². The Balaban J connectivity index is 2.28. The fourth-order valence-electron chi connectivity index (χ4n) is 1.95. The van der Waals surface area contributed by atoms with Gasteiger partial charge in [0.15, 0.2) is 0 Å². The summed E-state index contributed by atoms with van der Waals surface area (Å²) >= 11 is 0. The highest BCUT2D eigenvalue weighted by atomic mass is 16.1. The van der Waals surface area contributed by atoms with Crippen molar-refractivity contribution in [3.8, 4) is 0 Å².